The Bertz CT molecular complexity index is 334. The summed E-state index contributed by atoms with van der Waals surface area (Å²) < 4.78 is 31.4. The van der Waals surface area contributed by atoms with Crippen molar-refractivity contribution in [2.75, 3.05) is 26.2 Å². The molecular weight excluding hydrogens is 214 g/mol. The van der Waals surface area contributed by atoms with E-state index in [1.807, 2.05) is 0 Å². The van der Waals surface area contributed by atoms with Gasteiger partial charge in [0.05, 0.1) is 0 Å². The first kappa shape index (κ1) is 11.5. The van der Waals surface area contributed by atoms with Gasteiger partial charge in [0, 0.05) is 26.2 Å². The molecule has 0 radical (unpaired) electrons. The first-order chi connectivity index (χ1) is 7.68. The topological polar surface area (TPSA) is 28.4 Å². The van der Waals surface area contributed by atoms with Crippen LogP contribution in [0.2, 0.25) is 0 Å². The third-order valence-electron chi connectivity index (χ3n) is 2.84. The van der Waals surface area contributed by atoms with Crippen molar-refractivity contribution >= 4 is 0 Å². The third-order valence-corrected chi connectivity index (χ3v) is 2.84. The fraction of sp³-hybridized carbons (Fsp3) is 0.636. The molecule has 1 aromatic rings. The van der Waals surface area contributed by atoms with E-state index in [0.29, 0.717) is 24.6 Å². The largest absolute Gasteiger partial charge is 0.464 e. The summed E-state index contributed by atoms with van der Waals surface area (Å²) >= 11 is 0. The predicted molar refractivity (Wildman–Crippen MR) is 56.6 cm³/mol. The number of nitrogens with zero attached hydrogens (tertiary/aromatic N) is 1. The van der Waals surface area contributed by atoms with Crippen LogP contribution in [-0.2, 0) is 0 Å². The van der Waals surface area contributed by atoms with E-state index in [0.717, 1.165) is 13.1 Å². The highest BCUT2D eigenvalue weighted by molar-refractivity contribution is 5.11. The van der Waals surface area contributed by atoms with E-state index in [4.69, 9.17) is 4.42 Å². The van der Waals surface area contributed by atoms with Crippen LogP contribution in [0.4, 0.5) is 8.78 Å². The summed E-state index contributed by atoms with van der Waals surface area (Å²) in [4.78, 5) is 1.78. The summed E-state index contributed by atoms with van der Waals surface area (Å²) in [6.45, 7) is 4.54. The number of piperazine rings is 1. The van der Waals surface area contributed by atoms with Gasteiger partial charge in [-0.1, -0.05) is 0 Å². The number of nitrogens with one attached hydrogen (secondary N) is 1. The molecule has 5 heteroatoms. The SMILES string of the molecule is Cc1ccc([C@H](C(F)F)N2CCNCC2)o1. The van der Waals surface area contributed by atoms with E-state index in [-0.39, 0.29) is 0 Å². The zero-order valence-electron chi connectivity index (χ0n) is 9.25. The van der Waals surface area contributed by atoms with Crippen molar-refractivity contribution in [3.63, 3.8) is 0 Å². The Labute approximate surface area is 93.4 Å². The van der Waals surface area contributed by atoms with Gasteiger partial charge in [-0.3, -0.25) is 4.90 Å². The van der Waals surface area contributed by atoms with E-state index in [2.05, 4.69) is 5.32 Å². The average Bonchev–Trinajstić information content (AvgIpc) is 2.66. The second kappa shape index (κ2) is 4.93. The fourth-order valence-electron chi connectivity index (χ4n) is 2.04. The van der Waals surface area contributed by atoms with Crippen molar-refractivity contribution in [3.05, 3.63) is 23.7 Å². The Morgan fingerprint density at radius 2 is 2.00 bits per heavy atom. The Hall–Kier alpha value is -0.940. The second-order valence-electron chi connectivity index (χ2n) is 4.01. The highest BCUT2D eigenvalue weighted by atomic mass is 19.3. The zero-order chi connectivity index (χ0) is 11.5. The van der Waals surface area contributed by atoms with Gasteiger partial charge >= 0.3 is 0 Å². The van der Waals surface area contributed by atoms with Gasteiger partial charge in [0.1, 0.15) is 17.6 Å². The van der Waals surface area contributed by atoms with Crippen molar-refractivity contribution in [2.24, 2.45) is 0 Å². The monoisotopic (exact) mass is 230 g/mol. The van der Waals surface area contributed by atoms with Gasteiger partial charge in [-0.15, -0.1) is 0 Å². The van der Waals surface area contributed by atoms with Crippen molar-refractivity contribution in [2.45, 2.75) is 19.4 Å². The first-order valence-corrected chi connectivity index (χ1v) is 5.48. The lowest BCUT2D eigenvalue weighted by Crippen LogP contribution is -2.46. The molecule has 90 valence electrons. The van der Waals surface area contributed by atoms with Gasteiger partial charge < -0.3 is 9.73 Å². The minimum atomic E-state index is -2.41. The lowest BCUT2D eigenvalue weighted by atomic mass is 10.1. The Kier molecular flexibility index (Phi) is 3.56. The van der Waals surface area contributed by atoms with Crippen molar-refractivity contribution in [3.8, 4) is 0 Å². The third kappa shape index (κ3) is 2.41. The summed E-state index contributed by atoms with van der Waals surface area (Å²) in [6.07, 6.45) is -2.41. The van der Waals surface area contributed by atoms with Crippen LogP contribution in [0.5, 0.6) is 0 Å². The van der Waals surface area contributed by atoms with Crippen LogP contribution < -0.4 is 5.32 Å². The highest BCUT2D eigenvalue weighted by Crippen LogP contribution is 2.28. The molecule has 0 spiro atoms. The number of aryl methyl sites for hydroxylation is 1. The molecule has 1 atom stereocenters. The molecule has 2 heterocycles. The maximum atomic E-state index is 13.1. The van der Waals surface area contributed by atoms with Crippen LogP contribution in [0.3, 0.4) is 0 Å². The molecule has 3 nitrogen and oxygen atoms in total. The molecule has 0 saturated carbocycles. The lowest BCUT2D eigenvalue weighted by molar-refractivity contribution is 0.00717. The lowest BCUT2D eigenvalue weighted by Gasteiger charge is -2.33. The summed E-state index contributed by atoms with van der Waals surface area (Å²) in [5.41, 5.74) is 0. The predicted octanol–water partition coefficient (Wildman–Crippen LogP) is 1.80. The molecule has 0 bridgehead atoms. The Morgan fingerprint density at radius 1 is 1.31 bits per heavy atom. The average molecular weight is 230 g/mol. The fourth-order valence-corrected chi connectivity index (χ4v) is 2.04. The highest BCUT2D eigenvalue weighted by Gasteiger charge is 2.32. The molecule has 2 rings (SSSR count). The van der Waals surface area contributed by atoms with Gasteiger partial charge in [-0.25, -0.2) is 8.78 Å². The molecule has 16 heavy (non-hydrogen) atoms. The van der Waals surface area contributed by atoms with Crippen LogP contribution in [0.15, 0.2) is 16.5 Å². The number of rotatable bonds is 3. The van der Waals surface area contributed by atoms with E-state index in [1.165, 1.54) is 0 Å². The molecule has 0 aromatic carbocycles. The van der Waals surface area contributed by atoms with Crippen LogP contribution >= 0.6 is 0 Å². The van der Waals surface area contributed by atoms with E-state index < -0.39 is 12.5 Å². The molecule has 0 amide bonds. The quantitative estimate of drug-likeness (QED) is 0.858. The molecule has 1 fully saturated rings. The van der Waals surface area contributed by atoms with Crippen LogP contribution in [0.25, 0.3) is 0 Å². The molecule has 1 aliphatic heterocycles. The summed E-state index contributed by atoms with van der Waals surface area (Å²) in [5, 5.41) is 3.15. The maximum Gasteiger partial charge on any atom is 0.261 e. The number of halogens is 2. The van der Waals surface area contributed by atoms with Crippen LogP contribution in [-0.4, -0.2) is 37.5 Å². The molecule has 1 aromatic heterocycles. The maximum absolute atomic E-state index is 13.1. The van der Waals surface area contributed by atoms with Gasteiger partial charge in [-0.05, 0) is 19.1 Å². The summed E-state index contributed by atoms with van der Waals surface area (Å²) in [7, 11) is 0. The van der Waals surface area contributed by atoms with E-state index in [1.54, 1.807) is 24.0 Å². The van der Waals surface area contributed by atoms with Crippen molar-refractivity contribution in [1.29, 1.82) is 0 Å². The molecule has 1 aliphatic rings. The second-order valence-corrected chi connectivity index (χ2v) is 4.01. The first-order valence-electron chi connectivity index (χ1n) is 5.48. The molecule has 1 N–H and O–H groups in total. The smallest absolute Gasteiger partial charge is 0.261 e. The number of alkyl halides is 2. The summed E-state index contributed by atoms with van der Waals surface area (Å²) in [5.74, 6) is 1.05. The number of hydrogen-bond acceptors (Lipinski definition) is 3. The van der Waals surface area contributed by atoms with Crippen LogP contribution in [0, 0.1) is 6.92 Å². The van der Waals surface area contributed by atoms with Gasteiger partial charge in [0.2, 0.25) is 0 Å². The minimum absolute atomic E-state index is 0.370. The summed E-state index contributed by atoms with van der Waals surface area (Å²) in [6, 6.07) is 2.47. The number of hydrogen-bond donors (Lipinski definition) is 1. The van der Waals surface area contributed by atoms with Gasteiger partial charge in [0.15, 0.2) is 0 Å². The molecule has 0 aliphatic carbocycles. The number of furan rings is 1. The van der Waals surface area contributed by atoms with Crippen molar-refractivity contribution < 1.29 is 13.2 Å². The Balaban J connectivity index is 2.16. The van der Waals surface area contributed by atoms with Gasteiger partial charge in [0.25, 0.3) is 6.43 Å². The zero-order valence-corrected chi connectivity index (χ0v) is 9.25. The van der Waals surface area contributed by atoms with Crippen molar-refractivity contribution in [1.82, 2.24) is 10.2 Å². The van der Waals surface area contributed by atoms with E-state index >= 15 is 0 Å². The Morgan fingerprint density at radius 3 is 2.50 bits per heavy atom. The van der Waals surface area contributed by atoms with Gasteiger partial charge in [-0.2, -0.15) is 0 Å². The molecule has 0 unspecified atom stereocenters. The molecular formula is C11H16F2N2O. The van der Waals surface area contributed by atoms with E-state index in [9.17, 15) is 8.78 Å². The molecule has 1 saturated heterocycles. The minimum Gasteiger partial charge on any atom is -0.464 e. The normalized spacial score (nSPS) is 20.2. The van der Waals surface area contributed by atoms with Crippen LogP contribution in [0.1, 0.15) is 17.6 Å². The standard InChI is InChI=1S/C11H16F2N2O/c1-8-2-3-9(16-8)10(11(12)13)15-6-4-14-5-7-15/h2-3,10-11,14H,4-7H2,1H3/t10-/m1/s1.